The third-order valence-electron chi connectivity index (χ3n) is 3.46. The van der Waals surface area contributed by atoms with E-state index in [1.165, 1.54) is 32.6 Å². The van der Waals surface area contributed by atoms with Gasteiger partial charge in [-0.3, -0.25) is 4.90 Å². The Morgan fingerprint density at radius 1 is 1.25 bits per heavy atom. The van der Waals surface area contributed by atoms with Crippen LogP contribution in [0.5, 0.6) is 0 Å². The van der Waals surface area contributed by atoms with Crippen molar-refractivity contribution in [3.8, 4) is 0 Å². The van der Waals surface area contributed by atoms with Crippen LogP contribution in [0, 0.1) is 0 Å². The minimum atomic E-state index is 0.376. The fourth-order valence-corrected chi connectivity index (χ4v) is 2.80. The highest BCUT2D eigenvalue weighted by molar-refractivity contribution is 6.33. The first-order valence-electron chi connectivity index (χ1n) is 6.37. The lowest BCUT2D eigenvalue weighted by Crippen LogP contribution is -2.52. The molecule has 2 unspecified atom stereocenters. The van der Waals surface area contributed by atoms with Gasteiger partial charge in [0.05, 0.1) is 15.6 Å². The lowest BCUT2D eigenvalue weighted by atomic mass is 10.1. The van der Waals surface area contributed by atoms with Gasteiger partial charge in [-0.15, -0.1) is 0 Å². The molecule has 1 rings (SSSR count). The van der Waals surface area contributed by atoms with Crippen molar-refractivity contribution in [3.63, 3.8) is 0 Å². The Hall–Kier alpha value is 0.0969. The Morgan fingerprint density at radius 2 is 1.88 bits per heavy atom. The third kappa shape index (κ3) is 4.16. The summed E-state index contributed by atoms with van der Waals surface area (Å²) in [5, 5.41) is 0. The Kier molecular flexibility index (Phi) is 6.57. The lowest BCUT2D eigenvalue weighted by Gasteiger charge is -2.40. The molecule has 0 spiro atoms. The second kappa shape index (κ2) is 7.43. The van der Waals surface area contributed by atoms with Crippen LogP contribution in [0.1, 0.15) is 20.3 Å². The van der Waals surface area contributed by atoms with Gasteiger partial charge < -0.3 is 9.64 Å². The van der Waals surface area contributed by atoms with Gasteiger partial charge in [0.25, 0.3) is 0 Å². The average molecular weight is 242 g/mol. The minimum absolute atomic E-state index is 0.376. The normalized spacial score (nSPS) is 23.2. The monoisotopic (exact) mass is 242 g/mol. The summed E-state index contributed by atoms with van der Waals surface area (Å²) >= 11 is 0. The topological polar surface area (TPSA) is 15.7 Å². The molecule has 0 saturated carbocycles. The Labute approximate surface area is 103 Å². The summed E-state index contributed by atoms with van der Waals surface area (Å²) in [5.74, 6) is 0. The minimum Gasteiger partial charge on any atom is -0.381 e. The first-order valence-corrected chi connectivity index (χ1v) is 8.08. The van der Waals surface area contributed by atoms with Gasteiger partial charge in [-0.05, 0) is 20.4 Å². The van der Waals surface area contributed by atoms with E-state index in [2.05, 4.69) is 37.2 Å². The first kappa shape index (κ1) is 14.2. The molecular weight excluding hydrogens is 216 g/mol. The molecule has 1 saturated heterocycles. The quantitative estimate of drug-likeness (QED) is 0.649. The van der Waals surface area contributed by atoms with Crippen LogP contribution >= 0.6 is 0 Å². The van der Waals surface area contributed by atoms with Gasteiger partial charge in [0.15, 0.2) is 0 Å². The second-order valence-electron chi connectivity index (χ2n) is 4.68. The molecule has 2 atom stereocenters. The highest BCUT2D eigenvalue weighted by Crippen LogP contribution is 2.14. The summed E-state index contributed by atoms with van der Waals surface area (Å²) < 4.78 is 5.88. The van der Waals surface area contributed by atoms with E-state index in [4.69, 9.17) is 4.74 Å². The molecule has 94 valence electrons. The van der Waals surface area contributed by atoms with Crippen molar-refractivity contribution in [2.24, 2.45) is 0 Å². The van der Waals surface area contributed by atoms with Crippen LogP contribution in [0.15, 0.2) is 0 Å². The summed E-state index contributed by atoms with van der Waals surface area (Å²) in [5.41, 5.74) is 0. The van der Waals surface area contributed by atoms with E-state index in [9.17, 15) is 0 Å². The van der Waals surface area contributed by atoms with Gasteiger partial charge >= 0.3 is 0 Å². The molecule has 0 bridgehead atoms. The summed E-state index contributed by atoms with van der Waals surface area (Å²) in [7, 11) is 3.11. The maximum atomic E-state index is 5.88. The number of rotatable bonds is 6. The summed E-state index contributed by atoms with van der Waals surface area (Å²) in [6.45, 7) is 11.5. The van der Waals surface area contributed by atoms with Gasteiger partial charge in [-0.25, -0.2) is 0 Å². The second-order valence-corrected chi connectivity index (χ2v) is 5.68. The van der Waals surface area contributed by atoms with E-state index < -0.39 is 0 Å². The third-order valence-corrected chi connectivity index (χ3v) is 3.91. The van der Waals surface area contributed by atoms with Crippen molar-refractivity contribution in [1.82, 2.24) is 9.80 Å². The van der Waals surface area contributed by atoms with Gasteiger partial charge in [-0.2, -0.15) is 0 Å². The van der Waals surface area contributed by atoms with E-state index in [0.717, 1.165) is 15.7 Å². The number of hydrogen-bond acceptors (Lipinski definition) is 3. The molecule has 1 heterocycles. The molecule has 0 aromatic carbocycles. The highest BCUT2D eigenvalue weighted by Gasteiger charge is 2.25. The van der Waals surface area contributed by atoms with Crippen LogP contribution in [0.3, 0.4) is 0 Å². The van der Waals surface area contributed by atoms with Crippen molar-refractivity contribution >= 4 is 9.52 Å². The maximum absolute atomic E-state index is 5.88. The molecule has 0 aromatic heterocycles. The van der Waals surface area contributed by atoms with Crippen LogP contribution in [-0.2, 0) is 4.74 Å². The summed E-state index contributed by atoms with van der Waals surface area (Å²) in [4.78, 5) is 5.01. The predicted molar refractivity (Wildman–Crippen MR) is 70.2 cm³/mol. The molecule has 3 nitrogen and oxygen atoms in total. The molecule has 0 aromatic rings. The van der Waals surface area contributed by atoms with Crippen molar-refractivity contribution in [2.45, 2.75) is 39.0 Å². The molecule has 1 aliphatic heterocycles. The van der Waals surface area contributed by atoms with E-state index in [-0.39, 0.29) is 0 Å². The molecule has 0 amide bonds. The zero-order valence-electron chi connectivity index (χ0n) is 11.2. The van der Waals surface area contributed by atoms with Gasteiger partial charge in [-0.1, -0.05) is 13.5 Å². The Bertz CT molecular complexity index is 184. The predicted octanol–water partition coefficient (Wildman–Crippen LogP) is 1.13. The van der Waals surface area contributed by atoms with Crippen molar-refractivity contribution in [2.75, 3.05) is 39.5 Å². The number of piperazine rings is 1. The molecule has 0 aliphatic carbocycles. The van der Waals surface area contributed by atoms with Gasteiger partial charge in [0.1, 0.15) is 0 Å². The zero-order chi connectivity index (χ0) is 12.0. The molecule has 1 fully saturated rings. The van der Waals surface area contributed by atoms with Crippen molar-refractivity contribution < 1.29 is 4.74 Å². The fraction of sp³-hybridized carbons (Fsp3) is 1.00. The molecule has 0 N–H and O–H groups in total. The SMILES string of the molecule is CCC(C(C)OC[Si]C)N1CCN(C)CC1. The van der Waals surface area contributed by atoms with Crippen LogP contribution in [0.2, 0.25) is 6.55 Å². The fourth-order valence-electron chi connectivity index (χ4n) is 2.37. The van der Waals surface area contributed by atoms with Crippen LogP contribution in [-0.4, -0.2) is 70.9 Å². The lowest BCUT2D eigenvalue weighted by molar-refractivity contribution is -0.00249. The number of hydrogen-bond donors (Lipinski definition) is 0. The molecular formula is C12H26N2OSi. The Balaban J connectivity index is 2.40. The Morgan fingerprint density at radius 3 is 2.38 bits per heavy atom. The van der Waals surface area contributed by atoms with Gasteiger partial charge in [0, 0.05) is 38.5 Å². The van der Waals surface area contributed by atoms with Gasteiger partial charge in [0.2, 0.25) is 0 Å². The van der Waals surface area contributed by atoms with E-state index in [1.54, 1.807) is 0 Å². The molecule has 1 aliphatic rings. The highest BCUT2D eigenvalue weighted by atomic mass is 28.2. The summed E-state index contributed by atoms with van der Waals surface area (Å²) in [6.07, 6.45) is 2.49. The molecule has 4 heteroatoms. The van der Waals surface area contributed by atoms with Crippen LogP contribution < -0.4 is 0 Å². The standard InChI is InChI=1S/C12H26N2OSi/c1-5-12(11(2)15-10-16-4)14-8-6-13(3)7-9-14/h11-12H,5-10H2,1-4H3. The number of likely N-dealkylation sites (N-methyl/N-ethyl adjacent to an activating group) is 1. The smallest absolute Gasteiger partial charge is 0.0699 e. The van der Waals surface area contributed by atoms with Crippen LogP contribution in [0.25, 0.3) is 0 Å². The molecule has 2 radical (unpaired) electrons. The van der Waals surface area contributed by atoms with Crippen molar-refractivity contribution in [3.05, 3.63) is 0 Å². The number of nitrogens with zero attached hydrogens (tertiary/aromatic N) is 2. The van der Waals surface area contributed by atoms with E-state index >= 15 is 0 Å². The molecule has 16 heavy (non-hydrogen) atoms. The van der Waals surface area contributed by atoms with E-state index in [0.29, 0.717) is 12.1 Å². The maximum Gasteiger partial charge on any atom is 0.0699 e. The van der Waals surface area contributed by atoms with E-state index in [1.807, 2.05) is 0 Å². The van der Waals surface area contributed by atoms with Crippen LogP contribution in [0.4, 0.5) is 0 Å². The zero-order valence-corrected chi connectivity index (χ0v) is 12.2. The largest absolute Gasteiger partial charge is 0.381 e. The number of ether oxygens (including phenoxy) is 1. The summed E-state index contributed by atoms with van der Waals surface area (Å²) in [6, 6.07) is 0.602. The average Bonchev–Trinajstić information content (AvgIpc) is 2.30. The first-order chi connectivity index (χ1) is 7.69. The van der Waals surface area contributed by atoms with Crippen molar-refractivity contribution in [1.29, 1.82) is 0 Å².